The predicted molar refractivity (Wildman–Crippen MR) is 76.7 cm³/mol. The molecular formula is C13H15NO3S2. The highest BCUT2D eigenvalue weighted by atomic mass is 32.2. The van der Waals surface area contributed by atoms with Crippen LogP contribution in [-0.4, -0.2) is 19.0 Å². The second-order valence-corrected chi connectivity index (χ2v) is 6.83. The van der Waals surface area contributed by atoms with Gasteiger partial charge in [0.05, 0.1) is 23.4 Å². The van der Waals surface area contributed by atoms with Gasteiger partial charge in [0.1, 0.15) is 0 Å². The molecule has 2 rings (SSSR count). The van der Waals surface area contributed by atoms with Crippen molar-refractivity contribution in [2.75, 3.05) is 6.26 Å². The van der Waals surface area contributed by atoms with Crippen LogP contribution in [0, 0.1) is 13.8 Å². The number of hydrogen-bond donors (Lipinski definition) is 0. The molecule has 0 amide bonds. The summed E-state index contributed by atoms with van der Waals surface area (Å²) in [5, 5.41) is 0. The van der Waals surface area contributed by atoms with Crippen LogP contribution < -0.4 is 0 Å². The Morgan fingerprint density at radius 2 is 1.84 bits per heavy atom. The third-order valence-electron chi connectivity index (χ3n) is 2.72. The predicted octanol–water partition coefficient (Wildman–Crippen LogP) is 2.90. The van der Waals surface area contributed by atoms with Gasteiger partial charge in [-0.05, 0) is 30.9 Å². The Morgan fingerprint density at radius 1 is 1.21 bits per heavy atom. The van der Waals surface area contributed by atoms with Gasteiger partial charge in [0.25, 0.3) is 10.1 Å². The number of aromatic nitrogens is 1. The molecule has 1 heterocycles. The van der Waals surface area contributed by atoms with E-state index in [1.165, 1.54) is 17.1 Å². The number of hydrogen-bond acceptors (Lipinski definition) is 5. The van der Waals surface area contributed by atoms with Crippen molar-refractivity contribution >= 4 is 21.7 Å². The molecule has 1 aromatic heterocycles. The monoisotopic (exact) mass is 297 g/mol. The Hall–Kier alpha value is -1.24. The fourth-order valence-electron chi connectivity index (χ4n) is 1.66. The van der Waals surface area contributed by atoms with Crippen LogP contribution in [0.15, 0.2) is 24.3 Å². The highest BCUT2D eigenvalue weighted by Crippen LogP contribution is 2.31. The van der Waals surface area contributed by atoms with E-state index < -0.39 is 10.1 Å². The second-order valence-electron chi connectivity index (χ2n) is 4.41. The summed E-state index contributed by atoms with van der Waals surface area (Å²) in [6.45, 7) is 3.91. The number of benzene rings is 1. The molecule has 0 bridgehead atoms. The molecule has 0 radical (unpaired) electrons. The summed E-state index contributed by atoms with van der Waals surface area (Å²) < 4.78 is 31.3. The minimum atomic E-state index is -3.45. The van der Waals surface area contributed by atoms with Gasteiger partial charge < -0.3 is 0 Å². The van der Waals surface area contributed by atoms with E-state index in [4.69, 9.17) is 4.18 Å². The van der Waals surface area contributed by atoms with Crippen molar-refractivity contribution in [1.29, 1.82) is 0 Å². The van der Waals surface area contributed by atoms with Gasteiger partial charge in [0.15, 0.2) is 0 Å². The van der Waals surface area contributed by atoms with Crippen LogP contribution in [0.3, 0.4) is 0 Å². The van der Waals surface area contributed by atoms with Crippen LogP contribution in [-0.2, 0) is 20.9 Å². The quantitative estimate of drug-likeness (QED) is 0.814. The lowest BCUT2D eigenvalue weighted by molar-refractivity contribution is 0.311. The standard InChI is InChI=1S/C13H15NO3S2/c1-9-4-6-11(7-5-9)13-12(10(2)14-18-13)8-17-19(3,15)16/h4-7H,8H2,1-3H3. The van der Waals surface area contributed by atoms with Crippen LogP contribution in [0.25, 0.3) is 10.4 Å². The average Bonchev–Trinajstić information content (AvgIpc) is 2.68. The maximum absolute atomic E-state index is 11.1. The zero-order valence-corrected chi connectivity index (χ0v) is 12.6. The first-order valence-electron chi connectivity index (χ1n) is 5.73. The van der Waals surface area contributed by atoms with Crippen LogP contribution >= 0.6 is 11.5 Å². The zero-order chi connectivity index (χ0) is 14.0. The summed E-state index contributed by atoms with van der Waals surface area (Å²) in [4.78, 5) is 0.959. The van der Waals surface area contributed by atoms with Crippen LogP contribution in [0.1, 0.15) is 16.8 Å². The number of aryl methyl sites for hydroxylation is 2. The van der Waals surface area contributed by atoms with Crippen molar-refractivity contribution in [3.05, 3.63) is 41.1 Å². The smallest absolute Gasteiger partial charge is 0.264 e. The minimum Gasteiger partial charge on any atom is -0.265 e. The molecule has 2 aromatic rings. The molecule has 0 aliphatic heterocycles. The van der Waals surface area contributed by atoms with E-state index in [-0.39, 0.29) is 6.61 Å². The molecule has 0 unspecified atom stereocenters. The van der Waals surface area contributed by atoms with E-state index in [2.05, 4.69) is 4.37 Å². The lowest BCUT2D eigenvalue weighted by Crippen LogP contribution is -2.03. The second kappa shape index (κ2) is 5.40. The van der Waals surface area contributed by atoms with Crippen molar-refractivity contribution in [2.24, 2.45) is 0 Å². The molecule has 0 atom stereocenters. The molecule has 6 heteroatoms. The molecule has 0 fully saturated rings. The minimum absolute atomic E-state index is 0.0321. The van der Waals surface area contributed by atoms with Gasteiger partial charge in [-0.3, -0.25) is 4.18 Å². The van der Waals surface area contributed by atoms with Gasteiger partial charge >= 0.3 is 0 Å². The van der Waals surface area contributed by atoms with Crippen molar-refractivity contribution < 1.29 is 12.6 Å². The summed E-state index contributed by atoms with van der Waals surface area (Å²) >= 11 is 1.36. The molecule has 1 aromatic carbocycles. The van der Waals surface area contributed by atoms with E-state index in [0.29, 0.717) is 0 Å². The molecular weight excluding hydrogens is 282 g/mol. The van der Waals surface area contributed by atoms with Gasteiger partial charge in [-0.1, -0.05) is 29.8 Å². The molecule has 0 spiro atoms. The fraction of sp³-hybridized carbons (Fsp3) is 0.308. The number of rotatable bonds is 4. The Labute approximate surface area is 117 Å². The van der Waals surface area contributed by atoms with E-state index >= 15 is 0 Å². The van der Waals surface area contributed by atoms with Crippen LogP contribution in [0.5, 0.6) is 0 Å². The SMILES string of the molecule is Cc1ccc(-c2snc(C)c2COS(C)(=O)=O)cc1. The van der Waals surface area contributed by atoms with Gasteiger partial charge in [-0.2, -0.15) is 12.8 Å². The van der Waals surface area contributed by atoms with E-state index in [0.717, 1.165) is 28.0 Å². The fourth-order valence-corrected chi connectivity index (χ4v) is 2.89. The maximum atomic E-state index is 11.1. The Morgan fingerprint density at radius 3 is 2.42 bits per heavy atom. The molecule has 0 aliphatic carbocycles. The van der Waals surface area contributed by atoms with Gasteiger partial charge in [-0.15, -0.1) is 0 Å². The van der Waals surface area contributed by atoms with Crippen molar-refractivity contribution in [3.8, 4) is 10.4 Å². The topological polar surface area (TPSA) is 56.3 Å². The molecule has 0 saturated heterocycles. The lowest BCUT2D eigenvalue weighted by atomic mass is 10.1. The first-order valence-corrected chi connectivity index (χ1v) is 8.32. The molecule has 0 aliphatic rings. The molecule has 4 nitrogen and oxygen atoms in total. The van der Waals surface area contributed by atoms with Crippen molar-refractivity contribution in [1.82, 2.24) is 4.37 Å². The summed E-state index contributed by atoms with van der Waals surface area (Å²) in [5.74, 6) is 0. The average molecular weight is 297 g/mol. The first-order chi connectivity index (χ1) is 8.87. The van der Waals surface area contributed by atoms with Crippen molar-refractivity contribution in [2.45, 2.75) is 20.5 Å². The molecule has 0 saturated carbocycles. The third-order valence-corrected chi connectivity index (χ3v) is 4.29. The maximum Gasteiger partial charge on any atom is 0.264 e. The van der Waals surface area contributed by atoms with Crippen LogP contribution in [0.2, 0.25) is 0 Å². The van der Waals surface area contributed by atoms with E-state index in [9.17, 15) is 8.42 Å². The molecule has 102 valence electrons. The van der Waals surface area contributed by atoms with E-state index in [1.54, 1.807) is 0 Å². The first kappa shape index (κ1) is 14.2. The van der Waals surface area contributed by atoms with Gasteiger partial charge in [-0.25, -0.2) is 0 Å². The van der Waals surface area contributed by atoms with E-state index in [1.807, 2.05) is 38.1 Å². The molecule has 19 heavy (non-hydrogen) atoms. The lowest BCUT2D eigenvalue weighted by Gasteiger charge is -2.05. The normalized spacial score (nSPS) is 11.7. The third kappa shape index (κ3) is 3.62. The number of nitrogens with zero attached hydrogens (tertiary/aromatic N) is 1. The zero-order valence-electron chi connectivity index (χ0n) is 11.0. The Kier molecular flexibility index (Phi) is 4.03. The van der Waals surface area contributed by atoms with Crippen molar-refractivity contribution in [3.63, 3.8) is 0 Å². The largest absolute Gasteiger partial charge is 0.265 e. The van der Waals surface area contributed by atoms with Gasteiger partial charge in [0.2, 0.25) is 0 Å². The van der Waals surface area contributed by atoms with Gasteiger partial charge in [0, 0.05) is 5.56 Å². The Balaban J connectivity index is 2.34. The Bertz CT molecular complexity index is 672. The summed E-state index contributed by atoms with van der Waals surface area (Å²) in [6, 6.07) is 8.05. The molecule has 0 N–H and O–H groups in total. The summed E-state index contributed by atoms with van der Waals surface area (Å²) in [6.07, 6.45) is 1.05. The van der Waals surface area contributed by atoms with Crippen LogP contribution in [0.4, 0.5) is 0 Å². The summed E-state index contributed by atoms with van der Waals surface area (Å²) in [5.41, 5.74) is 3.85. The highest BCUT2D eigenvalue weighted by Gasteiger charge is 2.14. The summed E-state index contributed by atoms with van der Waals surface area (Å²) in [7, 11) is -3.45. The highest BCUT2D eigenvalue weighted by molar-refractivity contribution is 7.85.